The molecule has 0 unspecified atom stereocenters. The molecule has 3 aromatic carbocycles. The zero-order chi connectivity index (χ0) is 21.7. The summed E-state index contributed by atoms with van der Waals surface area (Å²) in [5.41, 5.74) is 3.24. The Balaban J connectivity index is 1.75. The molecule has 0 aliphatic heterocycles. The van der Waals surface area contributed by atoms with Crippen LogP contribution in [0, 0.1) is 13.8 Å². The number of sulfonamides is 1. The Labute approximate surface area is 177 Å². The molecule has 0 spiro atoms. The van der Waals surface area contributed by atoms with Crippen LogP contribution in [-0.2, 0) is 16.6 Å². The Kier molecular flexibility index (Phi) is 6.42. The van der Waals surface area contributed by atoms with E-state index in [1.165, 1.54) is 0 Å². The van der Waals surface area contributed by atoms with Gasteiger partial charge in [0.1, 0.15) is 5.75 Å². The van der Waals surface area contributed by atoms with Crippen molar-refractivity contribution in [3.63, 3.8) is 0 Å². The molecule has 0 saturated carbocycles. The van der Waals surface area contributed by atoms with Crippen molar-refractivity contribution in [2.24, 2.45) is 0 Å². The van der Waals surface area contributed by atoms with Gasteiger partial charge in [0, 0.05) is 12.1 Å². The third kappa shape index (κ3) is 4.99. The summed E-state index contributed by atoms with van der Waals surface area (Å²) in [6.07, 6.45) is 0. The fourth-order valence-corrected chi connectivity index (χ4v) is 4.06. The molecule has 0 saturated heterocycles. The Morgan fingerprint density at radius 3 is 2.23 bits per heavy atom. The van der Waals surface area contributed by atoms with Crippen LogP contribution < -0.4 is 14.8 Å². The van der Waals surface area contributed by atoms with E-state index in [1.54, 1.807) is 56.5 Å². The molecule has 3 rings (SSSR count). The molecule has 156 valence electrons. The van der Waals surface area contributed by atoms with Gasteiger partial charge < -0.3 is 10.1 Å². The summed E-state index contributed by atoms with van der Waals surface area (Å²) < 4.78 is 33.1. The van der Waals surface area contributed by atoms with Gasteiger partial charge in [0.15, 0.2) is 0 Å². The van der Waals surface area contributed by atoms with E-state index in [9.17, 15) is 13.2 Å². The number of anilines is 1. The number of benzene rings is 3. The first kappa shape index (κ1) is 21.4. The van der Waals surface area contributed by atoms with E-state index in [4.69, 9.17) is 4.74 Å². The highest BCUT2D eigenvalue weighted by Gasteiger charge is 2.18. The molecule has 6 nitrogen and oxygen atoms in total. The van der Waals surface area contributed by atoms with Gasteiger partial charge in [-0.3, -0.25) is 9.52 Å². The van der Waals surface area contributed by atoms with Crippen LogP contribution in [0.25, 0.3) is 0 Å². The van der Waals surface area contributed by atoms with Crippen LogP contribution in [0.4, 0.5) is 5.69 Å². The van der Waals surface area contributed by atoms with Gasteiger partial charge >= 0.3 is 0 Å². The Bertz CT molecular complexity index is 1140. The molecule has 0 radical (unpaired) electrons. The van der Waals surface area contributed by atoms with E-state index in [-0.39, 0.29) is 10.8 Å². The number of nitrogens with one attached hydrogen (secondary N) is 2. The lowest BCUT2D eigenvalue weighted by Gasteiger charge is -2.14. The van der Waals surface area contributed by atoms with Gasteiger partial charge in [-0.1, -0.05) is 35.9 Å². The predicted molar refractivity (Wildman–Crippen MR) is 117 cm³/mol. The van der Waals surface area contributed by atoms with Crippen molar-refractivity contribution in [2.45, 2.75) is 25.3 Å². The van der Waals surface area contributed by atoms with Crippen molar-refractivity contribution in [2.75, 3.05) is 11.8 Å². The van der Waals surface area contributed by atoms with E-state index in [2.05, 4.69) is 10.0 Å². The Hall–Kier alpha value is -3.32. The first-order valence-corrected chi connectivity index (χ1v) is 10.9. The normalized spacial score (nSPS) is 11.0. The fourth-order valence-electron chi connectivity index (χ4n) is 2.93. The average Bonchev–Trinajstić information content (AvgIpc) is 2.74. The van der Waals surface area contributed by atoms with Crippen molar-refractivity contribution < 1.29 is 17.9 Å². The number of aryl methyl sites for hydroxylation is 1. The van der Waals surface area contributed by atoms with E-state index in [0.717, 1.165) is 16.9 Å². The highest BCUT2D eigenvalue weighted by Crippen LogP contribution is 2.23. The third-order valence-electron chi connectivity index (χ3n) is 4.77. The van der Waals surface area contributed by atoms with E-state index < -0.39 is 10.0 Å². The number of amides is 1. The fraction of sp³-hybridized carbons (Fsp3) is 0.174. The highest BCUT2D eigenvalue weighted by molar-refractivity contribution is 7.92. The summed E-state index contributed by atoms with van der Waals surface area (Å²) in [6.45, 7) is 3.96. The number of methoxy groups -OCH3 is 1. The van der Waals surface area contributed by atoms with E-state index >= 15 is 0 Å². The zero-order valence-corrected chi connectivity index (χ0v) is 17.9. The van der Waals surface area contributed by atoms with E-state index in [0.29, 0.717) is 23.4 Å². The van der Waals surface area contributed by atoms with E-state index in [1.807, 2.05) is 31.2 Å². The molecule has 0 aliphatic rings. The molecule has 1 amide bonds. The molecule has 0 heterocycles. The highest BCUT2D eigenvalue weighted by atomic mass is 32.2. The first-order valence-electron chi connectivity index (χ1n) is 9.40. The molecule has 7 heteroatoms. The van der Waals surface area contributed by atoms with Crippen LogP contribution in [0.1, 0.15) is 27.0 Å². The summed E-state index contributed by atoms with van der Waals surface area (Å²) in [7, 11) is -2.15. The average molecular weight is 425 g/mol. The van der Waals surface area contributed by atoms with Crippen molar-refractivity contribution in [1.29, 1.82) is 0 Å². The zero-order valence-electron chi connectivity index (χ0n) is 17.1. The molecule has 0 aliphatic carbocycles. The van der Waals surface area contributed by atoms with Gasteiger partial charge in [-0.2, -0.15) is 0 Å². The van der Waals surface area contributed by atoms with Crippen LogP contribution in [-0.4, -0.2) is 21.4 Å². The monoisotopic (exact) mass is 424 g/mol. The molecule has 0 atom stereocenters. The first-order chi connectivity index (χ1) is 14.3. The van der Waals surface area contributed by atoms with Crippen LogP contribution in [0.3, 0.4) is 0 Å². The molecule has 0 aromatic heterocycles. The molecular formula is C23H24N2O4S. The lowest BCUT2D eigenvalue weighted by Crippen LogP contribution is -2.24. The topological polar surface area (TPSA) is 84.5 Å². The van der Waals surface area contributed by atoms with Crippen LogP contribution >= 0.6 is 0 Å². The number of carbonyl (C=O) groups is 1. The Morgan fingerprint density at radius 1 is 0.933 bits per heavy atom. The summed E-state index contributed by atoms with van der Waals surface area (Å²) >= 11 is 0. The van der Waals surface area contributed by atoms with Gasteiger partial charge in [0.2, 0.25) is 0 Å². The SMILES string of the molecule is COc1ccc(CNC(=O)c2cccc(NS(=O)(=O)c3ccc(C)cc3)c2C)cc1. The molecule has 0 bridgehead atoms. The minimum Gasteiger partial charge on any atom is -0.497 e. The lowest BCUT2D eigenvalue weighted by molar-refractivity contribution is 0.0950. The van der Waals surface area contributed by atoms with Crippen molar-refractivity contribution in [1.82, 2.24) is 5.32 Å². The standard InChI is InChI=1S/C23H24N2O4S/c1-16-7-13-20(14-8-16)30(27,28)25-22-6-4-5-21(17(22)2)23(26)24-15-18-9-11-19(29-3)12-10-18/h4-14,25H,15H2,1-3H3,(H,24,26). The summed E-state index contributed by atoms with van der Waals surface area (Å²) in [6, 6.07) is 19.0. The summed E-state index contributed by atoms with van der Waals surface area (Å²) in [5.74, 6) is 0.467. The van der Waals surface area contributed by atoms with Crippen molar-refractivity contribution in [3.05, 3.63) is 89.0 Å². The lowest BCUT2D eigenvalue weighted by atomic mass is 10.1. The smallest absolute Gasteiger partial charge is 0.261 e. The number of hydrogen-bond acceptors (Lipinski definition) is 4. The van der Waals surface area contributed by atoms with Crippen molar-refractivity contribution in [3.8, 4) is 5.75 Å². The number of carbonyl (C=O) groups excluding carboxylic acids is 1. The van der Waals surface area contributed by atoms with Gasteiger partial charge in [-0.25, -0.2) is 8.42 Å². The maximum absolute atomic E-state index is 12.7. The maximum atomic E-state index is 12.7. The predicted octanol–water partition coefficient (Wildman–Crippen LogP) is 4.04. The van der Waals surface area contributed by atoms with Crippen LogP contribution in [0.15, 0.2) is 71.6 Å². The van der Waals surface area contributed by atoms with Gasteiger partial charge in [0.25, 0.3) is 15.9 Å². The maximum Gasteiger partial charge on any atom is 0.261 e. The second-order valence-corrected chi connectivity index (χ2v) is 8.61. The Morgan fingerprint density at radius 2 is 1.60 bits per heavy atom. The van der Waals surface area contributed by atoms with Crippen molar-refractivity contribution >= 4 is 21.6 Å². The quantitative estimate of drug-likeness (QED) is 0.599. The third-order valence-corrected chi connectivity index (χ3v) is 6.15. The second kappa shape index (κ2) is 9.00. The second-order valence-electron chi connectivity index (χ2n) is 6.93. The van der Waals surface area contributed by atoms with Gasteiger partial charge in [0.05, 0.1) is 17.7 Å². The number of ether oxygens (including phenoxy) is 1. The van der Waals surface area contributed by atoms with Gasteiger partial charge in [-0.05, 0) is 61.4 Å². The van der Waals surface area contributed by atoms with Crippen LogP contribution in [0.2, 0.25) is 0 Å². The largest absolute Gasteiger partial charge is 0.497 e. The molecule has 3 aromatic rings. The summed E-state index contributed by atoms with van der Waals surface area (Å²) in [4.78, 5) is 12.8. The van der Waals surface area contributed by atoms with Gasteiger partial charge in [-0.15, -0.1) is 0 Å². The summed E-state index contributed by atoms with van der Waals surface area (Å²) in [5, 5.41) is 2.86. The number of rotatable bonds is 7. The minimum atomic E-state index is -3.75. The molecule has 0 fully saturated rings. The number of hydrogen-bond donors (Lipinski definition) is 2. The minimum absolute atomic E-state index is 0.168. The molecule has 2 N–H and O–H groups in total. The molecule has 30 heavy (non-hydrogen) atoms. The van der Waals surface area contributed by atoms with Crippen LogP contribution in [0.5, 0.6) is 5.75 Å². The molecular weight excluding hydrogens is 400 g/mol.